The fourth-order valence-corrected chi connectivity index (χ4v) is 9.17. The second-order valence-electron chi connectivity index (χ2n) is 16.0. The molecule has 45 heavy (non-hydrogen) atoms. The van der Waals surface area contributed by atoms with Gasteiger partial charge in [-0.3, -0.25) is 4.90 Å². The van der Waals surface area contributed by atoms with Gasteiger partial charge < -0.3 is 20.8 Å². The summed E-state index contributed by atoms with van der Waals surface area (Å²) in [6, 6.07) is 2.66. The molecule has 4 N–H and O–H groups in total. The first kappa shape index (κ1) is 37.4. The lowest BCUT2D eigenvalue weighted by molar-refractivity contribution is 0.0848. The first-order valence-corrected chi connectivity index (χ1v) is 20.3. The van der Waals surface area contributed by atoms with Gasteiger partial charge in [0.05, 0.1) is 12.2 Å². The van der Waals surface area contributed by atoms with Crippen LogP contribution in [0.4, 0.5) is 0 Å². The summed E-state index contributed by atoms with van der Waals surface area (Å²) in [5, 5.41) is 27.0. The summed E-state index contributed by atoms with van der Waals surface area (Å²) in [5.41, 5.74) is 1.77. The molecule has 4 rings (SSSR count). The number of hydrogen-bond donors (Lipinski definition) is 4. The number of piperidine rings is 2. The van der Waals surface area contributed by atoms with Crippen molar-refractivity contribution in [1.82, 2.24) is 15.5 Å². The van der Waals surface area contributed by atoms with Crippen molar-refractivity contribution in [3.8, 4) is 0 Å². The minimum absolute atomic E-state index is 0.141. The summed E-state index contributed by atoms with van der Waals surface area (Å²) in [6.07, 6.45) is 37.4. The third-order valence-electron chi connectivity index (χ3n) is 12.2. The Morgan fingerprint density at radius 1 is 0.600 bits per heavy atom. The van der Waals surface area contributed by atoms with Gasteiger partial charge in [-0.05, 0) is 96.9 Å². The molecule has 0 bridgehead atoms. The van der Waals surface area contributed by atoms with Crippen molar-refractivity contribution in [3.63, 3.8) is 0 Å². The minimum Gasteiger partial charge on any atom is -0.392 e. The van der Waals surface area contributed by atoms with E-state index in [2.05, 4.69) is 35.5 Å². The van der Waals surface area contributed by atoms with E-state index in [9.17, 15) is 10.2 Å². The summed E-state index contributed by atoms with van der Waals surface area (Å²) >= 11 is 0. The third kappa shape index (κ3) is 13.9. The van der Waals surface area contributed by atoms with E-state index in [1.54, 1.807) is 5.57 Å². The quantitative estimate of drug-likeness (QED) is 0.0712. The highest BCUT2D eigenvalue weighted by Crippen LogP contribution is 2.35. The van der Waals surface area contributed by atoms with Crippen molar-refractivity contribution in [2.24, 2.45) is 5.92 Å². The molecule has 0 aromatic carbocycles. The van der Waals surface area contributed by atoms with E-state index in [1.807, 2.05) is 0 Å². The van der Waals surface area contributed by atoms with E-state index in [0.29, 0.717) is 12.1 Å². The number of unbranched alkanes of at least 4 members (excludes halogenated alkanes) is 14. The van der Waals surface area contributed by atoms with Gasteiger partial charge in [-0.25, -0.2) is 0 Å². The van der Waals surface area contributed by atoms with Gasteiger partial charge in [-0.1, -0.05) is 108 Å². The van der Waals surface area contributed by atoms with Gasteiger partial charge in [0.1, 0.15) is 0 Å². The monoisotopic (exact) mass is 630 g/mol. The van der Waals surface area contributed by atoms with Crippen LogP contribution in [0.3, 0.4) is 0 Å². The highest BCUT2D eigenvalue weighted by molar-refractivity contribution is 5.15. The molecule has 3 saturated heterocycles. The molecule has 8 atom stereocenters. The lowest BCUT2D eigenvalue weighted by Crippen LogP contribution is -2.48. The zero-order valence-electron chi connectivity index (χ0n) is 29.8. The third-order valence-corrected chi connectivity index (χ3v) is 12.2. The Morgan fingerprint density at radius 3 is 1.58 bits per heavy atom. The molecule has 0 radical (unpaired) electrons. The Labute approximate surface area is 279 Å². The summed E-state index contributed by atoms with van der Waals surface area (Å²) in [7, 11) is 0. The van der Waals surface area contributed by atoms with Crippen LogP contribution in [0.25, 0.3) is 0 Å². The zero-order valence-corrected chi connectivity index (χ0v) is 29.8. The fourth-order valence-electron chi connectivity index (χ4n) is 9.17. The van der Waals surface area contributed by atoms with Crippen molar-refractivity contribution in [3.05, 3.63) is 11.6 Å². The molecule has 4 aliphatic heterocycles. The molecule has 0 aromatic rings. The second-order valence-corrected chi connectivity index (χ2v) is 16.0. The Kier molecular flexibility index (Phi) is 17.8. The largest absolute Gasteiger partial charge is 0.392 e. The standard InChI is InChI=1S/C40H75N3O2/c1-32-39(44)27-25-36(41-32)22-17-13-9-5-3-7-11-15-20-34-30-35(38-24-19-29-43(38)31-34)21-16-12-8-4-6-10-14-18-23-37-26-28-40(45)33(2)42-37/h30,32-33,35-42,44-45H,3-29,31H2,1-2H3/t32-,33-,35?,36+,37?,38?,39-,40-/m0/s1. The predicted molar refractivity (Wildman–Crippen MR) is 192 cm³/mol. The number of aliphatic hydroxyl groups is 2. The fraction of sp³-hybridized carbons (Fsp3) is 0.950. The molecule has 0 saturated carbocycles. The second kappa shape index (κ2) is 21.5. The van der Waals surface area contributed by atoms with Gasteiger partial charge in [0, 0.05) is 36.8 Å². The Balaban J connectivity index is 0.963. The highest BCUT2D eigenvalue weighted by Gasteiger charge is 2.34. The van der Waals surface area contributed by atoms with Gasteiger partial charge in [0.15, 0.2) is 0 Å². The lowest BCUT2D eigenvalue weighted by atomic mass is 9.85. The molecule has 4 aliphatic rings. The maximum atomic E-state index is 9.89. The van der Waals surface area contributed by atoms with E-state index in [0.717, 1.165) is 37.6 Å². The molecule has 262 valence electrons. The van der Waals surface area contributed by atoms with Crippen molar-refractivity contribution < 1.29 is 10.2 Å². The zero-order chi connectivity index (χ0) is 31.7. The molecule has 3 fully saturated rings. The van der Waals surface area contributed by atoms with E-state index in [-0.39, 0.29) is 24.3 Å². The molecule has 0 spiro atoms. The molecular weight excluding hydrogens is 554 g/mol. The highest BCUT2D eigenvalue weighted by atomic mass is 16.3. The predicted octanol–water partition coefficient (Wildman–Crippen LogP) is 8.81. The average molecular weight is 630 g/mol. The topological polar surface area (TPSA) is 67.8 Å². The maximum Gasteiger partial charge on any atom is 0.0691 e. The van der Waals surface area contributed by atoms with Crippen LogP contribution in [-0.4, -0.2) is 70.6 Å². The van der Waals surface area contributed by atoms with Crippen LogP contribution >= 0.6 is 0 Å². The van der Waals surface area contributed by atoms with Gasteiger partial charge >= 0.3 is 0 Å². The van der Waals surface area contributed by atoms with Crippen LogP contribution < -0.4 is 10.6 Å². The summed E-state index contributed by atoms with van der Waals surface area (Å²) in [4.78, 5) is 2.84. The molecule has 3 unspecified atom stereocenters. The lowest BCUT2D eigenvalue weighted by Gasteiger charge is -2.36. The smallest absolute Gasteiger partial charge is 0.0691 e. The molecular formula is C40H75N3O2. The van der Waals surface area contributed by atoms with E-state index in [1.165, 1.54) is 154 Å². The van der Waals surface area contributed by atoms with Crippen LogP contribution in [0, 0.1) is 5.92 Å². The number of rotatable bonds is 22. The molecule has 5 heteroatoms. The molecule has 0 aliphatic carbocycles. The SMILES string of the molecule is C[C@@H]1NC(CCCCCCCCCCC2C=C(CCCCCCCCCC[C@@H]3CC[C@H](O)[C@H](C)N3)CN3CCCC23)CC[C@@H]1O. The van der Waals surface area contributed by atoms with Crippen molar-refractivity contribution in [2.75, 3.05) is 13.1 Å². The number of fused-ring (bicyclic) bond motifs is 1. The Morgan fingerprint density at radius 2 is 1.07 bits per heavy atom. The Bertz CT molecular complexity index is 804. The summed E-state index contributed by atoms with van der Waals surface area (Å²) in [6.45, 7) is 6.86. The van der Waals surface area contributed by atoms with Crippen LogP contribution in [0.1, 0.15) is 181 Å². The van der Waals surface area contributed by atoms with Gasteiger partial charge in [-0.15, -0.1) is 0 Å². The van der Waals surface area contributed by atoms with E-state index in [4.69, 9.17) is 0 Å². The van der Waals surface area contributed by atoms with Crippen molar-refractivity contribution >= 4 is 0 Å². The van der Waals surface area contributed by atoms with Crippen LogP contribution in [0.15, 0.2) is 11.6 Å². The maximum absolute atomic E-state index is 9.89. The molecule has 0 amide bonds. The Hall–Kier alpha value is -0.460. The average Bonchev–Trinajstić information content (AvgIpc) is 3.51. The van der Waals surface area contributed by atoms with Crippen LogP contribution in [-0.2, 0) is 0 Å². The number of nitrogens with zero attached hydrogens (tertiary/aromatic N) is 1. The first-order valence-electron chi connectivity index (χ1n) is 20.3. The van der Waals surface area contributed by atoms with Crippen LogP contribution in [0.2, 0.25) is 0 Å². The van der Waals surface area contributed by atoms with E-state index >= 15 is 0 Å². The van der Waals surface area contributed by atoms with Crippen molar-refractivity contribution in [2.45, 2.75) is 223 Å². The van der Waals surface area contributed by atoms with Gasteiger partial charge in [-0.2, -0.15) is 0 Å². The normalized spacial score (nSPS) is 32.5. The van der Waals surface area contributed by atoms with Crippen LogP contribution in [0.5, 0.6) is 0 Å². The van der Waals surface area contributed by atoms with Crippen molar-refractivity contribution in [1.29, 1.82) is 0 Å². The number of aliphatic hydroxyl groups excluding tert-OH is 2. The first-order chi connectivity index (χ1) is 22.0. The molecule has 5 nitrogen and oxygen atoms in total. The summed E-state index contributed by atoms with van der Waals surface area (Å²) in [5.74, 6) is 0.825. The summed E-state index contributed by atoms with van der Waals surface area (Å²) < 4.78 is 0. The number of nitrogens with one attached hydrogen (secondary N) is 2. The van der Waals surface area contributed by atoms with Gasteiger partial charge in [0.2, 0.25) is 0 Å². The minimum atomic E-state index is -0.142. The van der Waals surface area contributed by atoms with Gasteiger partial charge in [0.25, 0.3) is 0 Å². The molecule has 4 heterocycles. The number of hydrogen-bond acceptors (Lipinski definition) is 5. The molecule has 0 aromatic heterocycles. The van der Waals surface area contributed by atoms with E-state index < -0.39 is 0 Å².